The van der Waals surface area contributed by atoms with Gasteiger partial charge in [0.15, 0.2) is 0 Å². The van der Waals surface area contributed by atoms with E-state index in [2.05, 4.69) is 0 Å². The van der Waals surface area contributed by atoms with Gasteiger partial charge in [0, 0.05) is 11.7 Å². The second-order valence-corrected chi connectivity index (χ2v) is 4.78. The highest BCUT2D eigenvalue weighted by molar-refractivity contribution is 5.88. The van der Waals surface area contributed by atoms with Gasteiger partial charge in [-0.3, -0.25) is 0 Å². The zero-order valence-electron chi connectivity index (χ0n) is 10.4. The van der Waals surface area contributed by atoms with Gasteiger partial charge in [0.25, 0.3) is 0 Å². The number of hydrogen-bond donors (Lipinski definition) is 1. The van der Waals surface area contributed by atoms with Gasteiger partial charge in [0.2, 0.25) is 0 Å². The van der Waals surface area contributed by atoms with Crippen molar-refractivity contribution in [3.05, 3.63) is 29.3 Å². The van der Waals surface area contributed by atoms with Crippen molar-refractivity contribution in [2.45, 2.75) is 32.0 Å². The molecular formula is C13H14F3NO2. The largest absolute Gasteiger partial charge is 0.478 e. The summed E-state index contributed by atoms with van der Waals surface area (Å²) in [6, 6.07) is 4.12. The Morgan fingerprint density at radius 2 is 2.05 bits per heavy atom. The van der Waals surface area contributed by atoms with E-state index in [0.29, 0.717) is 11.3 Å². The van der Waals surface area contributed by atoms with Crippen LogP contribution in [0, 0.1) is 6.92 Å². The Morgan fingerprint density at radius 1 is 1.42 bits per heavy atom. The lowest BCUT2D eigenvalue weighted by Crippen LogP contribution is -2.36. The lowest BCUT2D eigenvalue weighted by molar-refractivity contribution is -0.120. The van der Waals surface area contributed by atoms with Gasteiger partial charge >= 0.3 is 12.1 Å². The standard InChI is InChI=1S/C13H14F3NO2/c1-8-6-9(12(18)19)2-5-11(8)17(10-3-4-10)7-13(14,15)16/h2,5-6,10H,3-4,7H2,1H3,(H,18,19). The molecule has 1 aliphatic rings. The third-order valence-electron chi connectivity index (χ3n) is 3.09. The van der Waals surface area contributed by atoms with Crippen LogP contribution in [0.3, 0.4) is 0 Å². The van der Waals surface area contributed by atoms with Crippen LogP contribution >= 0.6 is 0 Å². The lowest BCUT2D eigenvalue weighted by Gasteiger charge is -2.27. The van der Waals surface area contributed by atoms with Crippen LogP contribution in [0.5, 0.6) is 0 Å². The van der Waals surface area contributed by atoms with Crippen molar-refractivity contribution in [2.24, 2.45) is 0 Å². The minimum Gasteiger partial charge on any atom is -0.478 e. The van der Waals surface area contributed by atoms with Crippen LogP contribution in [0.15, 0.2) is 18.2 Å². The maximum absolute atomic E-state index is 12.6. The molecule has 0 radical (unpaired) electrons. The number of anilines is 1. The molecule has 1 fully saturated rings. The second kappa shape index (κ2) is 4.75. The van der Waals surface area contributed by atoms with E-state index in [1.54, 1.807) is 6.92 Å². The summed E-state index contributed by atoms with van der Waals surface area (Å²) in [7, 11) is 0. The number of halogens is 3. The zero-order chi connectivity index (χ0) is 14.2. The quantitative estimate of drug-likeness (QED) is 0.915. The number of rotatable bonds is 4. The maximum atomic E-state index is 12.6. The van der Waals surface area contributed by atoms with Gasteiger partial charge in [-0.2, -0.15) is 13.2 Å². The number of carbonyl (C=O) groups is 1. The van der Waals surface area contributed by atoms with Gasteiger partial charge in [0.1, 0.15) is 6.54 Å². The molecule has 6 heteroatoms. The van der Waals surface area contributed by atoms with Gasteiger partial charge in [-0.1, -0.05) is 0 Å². The van der Waals surface area contributed by atoms with Crippen LogP contribution in [-0.2, 0) is 0 Å². The summed E-state index contributed by atoms with van der Waals surface area (Å²) in [6.45, 7) is 0.637. The first-order valence-corrected chi connectivity index (χ1v) is 5.95. The summed E-state index contributed by atoms with van der Waals surface area (Å²) in [5, 5.41) is 8.85. The first-order chi connectivity index (χ1) is 8.78. The summed E-state index contributed by atoms with van der Waals surface area (Å²) in [6.07, 6.45) is -2.77. The molecule has 0 saturated heterocycles. The van der Waals surface area contributed by atoms with Crippen LogP contribution in [-0.4, -0.2) is 29.8 Å². The second-order valence-electron chi connectivity index (χ2n) is 4.78. The zero-order valence-corrected chi connectivity index (χ0v) is 10.4. The smallest absolute Gasteiger partial charge is 0.405 e. The van der Waals surface area contributed by atoms with Crippen LogP contribution in [0.2, 0.25) is 0 Å². The predicted molar refractivity (Wildman–Crippen MR) is 64.6 cm³/mol. The van der Waals surface area contributed by atoms with Gasteiger partial charge in [-0.25, -0.2) is 4.79 Å². The van der Waals surface area contributed by atoms with Crippen molar-refractivity contribution in [1.82, 2.24) is 0 Å². The van der Waals surface area contributed by atoms with E-state index in [9.17, 15) is 18.0 Å². The maximum Gasteiger partial charge on any atom is 0.405 e. The number of carboxylic acid groups (broad SMARTS) is 1. The third kappa shape index (κ3) is 3.39. The van der Waals surface area contributed by atoms with Crippen molar-refractivity contribution < 1.29 is 23.1 Å². The number of carboxylic acids is 1. The molecular weight excluding hydrogens is 259 g/mol. The highest BCUT2D eigenvalue weighted by Gasteiger charge is 2.38. The number of aryl methyl sites for hydroxylation is 1. The van der Waals surface area contributed by atoms with Crippen LogP contribution in [0.1, 0.15) is 28.8 Å². The summed E-state index contributed by atoms with van der Waals surface area (Å²) in [4.78, 5) is 12.1. The summed E-state index contributed by atoms with van der Waals surface area (Å²) in [5.41, 5.74) is 1.10. The highest BCUT2D eigenvalue weighted by Crippen LogP contribution is 2.36. The fraction of sp³-hybridized carbons (Fsp3) is 0.462. The van der Waals surface area contributed by atoms with E-state index < -0.39 is 18.7 Å². The van der Waals surface area contributed by atoms with Crippen LogP contribution < -0.4 is 4.90 Å². The molecule has 0 spiro atoms. The normalized spacial score (nSPS) is 15.4. The number of aromatic carboxylic acids is 1. The minimum absolute atomic E-state index is 0.0870. The Morgan fingerprint density at radius 3 is 2.47 bits per heavy atom. The van der Waals surface area contributed by atoms with Gasteiger partial charge in [0.05, 0.1) is 5.56 Å². The topological polar surface area (TPSA) is 40.5 Å². The Balaban J connectivity index is 2.29. The summed E-state index contributed by atoms with van der Waals surface area (Å²) in [5.74, 6) is -1.08. The molecule has 19 heavy (non-hydrogen) atoms. The molecule has 104 valence electrons. The van der Waals surface area contributed by atoms with Crippen molar-refractivity contribution in [3.63, 3.8) is 0 Å². The molecule has 0 heterocycles. The Labute approximate surface area is 108 Å². The molecule has 3 nitrogen and oxygen atoms in total. The van der Waals surface area contributed by atoms with E-state index in [1.807, 2.05) is 0 Å². The molecule has 1 saturated carbocycles. The molecule has 0 amide bonds. The van der Waals surface area contributed by atoms with Gasteiger partial charge in [-0.15, -0.1) is 0 Å². The number of hydrogen-bond acceptors (Lipinski definition) is 2. The monoisotopic (exact) mass is 273 g/mol. The molecule has 0 unspecified atom stereocenters. The molecule has 0 aliphatic heterocycles. The van der Waals surface area contributed by atoms with Gasteiger partial charge in [-0.05, 0) is 43.5 Å². The fourth-order valence-corrected chi connectivity index (χ4v) is 2.10. The Hall–Kier alpha value is -1.72. The molecule has 1 N–H and O–H groups in total. The van der Waals surface area contributed by atoms with Crippen molar-refractivity contribution in [1.29, 1.82) is 0 Å². The predicted octanol–water partition coefficient (Wildman–Crippen LogP) is 3.22. The summed E-state index contributed by atoms with van der Waals surface area (Å²) < 4.78 is 37.7. The molecule has 0 aromatic heterocycles. The first-order valence-electron chi connectivity index (χ1n) is 5.95. The number of benzene rings is 1. The number of nitrogens with zero attached hydrogens (tertiary/aromatic N) is 1. The fourth-order valence-electron chi connectivity index (χ4n) is 2.10. The molecule has 1 aromatic carbocycles. The highest BCUT2D eigenvalue weighted by atomic mass is 19.4. The molecule has 0 atom stereocenters. The van der Waals surface area contributed by atoms with Crippen LogP contribution in [0.4, 0.5) is 18.9 Å². The molecule has 1 aliphatic carbocycles. The van der Waals surface area contributed by atoms with E-state index in [4.69, 9.17) is 5.11 Å². The molecule has 1 aromatic rings. The van der Waals surface area contributed by atoms with Gasteiger partial charge < -0.3 is 10.0 Å². The first kappa shape index (κ1) is 13.7. The van der Waals surface area contributed by atoms with Crippen molar-refractivity contribution in [3.8, 4) is 0 Å². The van der Waals surface area contributed by atoms with Crippen molar-refractivity contribution >= 4 is 11.7 Å². The minimum atomic E-state index is -4.26. The number of alkyl halides is 3. The average Bonchev–Trinajstić information content (AvgIpc) is 3.08. The summed E-state index contributed by atoms with van der Waals surface area (Å²) >= 11 is 0. The van der Waals surface area contributed by atoms with E-state index in [0.717, 1.165) is 12.8 Å². The third-order valence-corrected chi connectivity index (χ3v) is 3.09. The Bertz CT molecular complexity index is 495. The molecule has 0 bridgehead atoms. The Kier molecular flexibility index (Phi) is 3.43. The van der Waals surface area contributed by atoms with E-state index in [1.165, 1.54) is 23.1 Å². The van der Waals surface area contributed by atoms with E-state index >= 15 is 0 Å². The lowest BCUT2D eigenvalue weighted by atomic mass is 10.1. The molecule has 2 rings (SSSR count). The van der Waals surface area contributed by atoms with Crippen LogP contribution in [0.25, 0.3) is 0 Å². The van der Waals surface area contributed by atoms with Crippen molar-refractivity contribution in [2.75, 3.05) is 11.4 Å². The SMILES string of the molecule is Cc1cc(C(=O)O)ccc1N(CC(F)(F)F)C1CC1. The van der Waals surface area contributed by atoms with E-state index in [-0.39, 0.29) is 11.6 Å². The average molecular weight is 273 g/mol.